The van der Waals surface area contributed by atoms with Crippen molar-refractivity contribution in [3.63, 3.8) is 0 Å². The maximum absolute atomic E-state index is 14.1. The molecule has 8 heteroatoms. The standard InChI is InChI=1S/C20H15FN4O2S/c1-12-11-28-20(23-12)24-18(26)15-9-13-6-4-8-22-17(13)25(19(15)27)10-14-5-2-3-7-16(14)21/h2-9,11H,10H2,1H3,(H,23,24,26). The van der Waals surface area contributed by atoms with E-state index in [1.165, 1.54) is 28.0 Å². The third kappa shape index (κ3) is 3.41. The molecule has 0 saturated heterocycles. The molecule has 0 atom stereocenters. The summed E-state index contributed by atoms with van der Waals surface area (Å²) < 4.78 is 15.4. The molecule has 1 N–H and O–H groups in total. The Morgan fingerprint density at radius 1 is 1.25 bits per heavy atom. The van der Waals surface area contributed by atoms with Gasteiger partial charge in [0.1, 0.15) is 17.0 Å². The molecular formula is C20H15FN4O2S. The zero-order chi connectivity index (χ0) is 19.7. The molecule has 0 bridgehead atoms. The third-order valence-electron chi connectivity index (χ3n) is 4.22. The molecule has 28 heavy (non-hydrogen) atoms. The van der Waals surface area contributed by atoms with Crippen molar-refractivity contribution in [2.75, 3.05) is 5.32 Å². The van der Waals surface area contributed by atoms with Crippen molar-refractivity contribution >= 4 is 33.4 Å². The first-order valence-electron chi connectivity index (χ1n) is 8.48. The first-order valence-corrected chi connectivity index (χ1v) is 9.36. The van der Waals surface area contributed by atoms with E-state index in [0.29, 0.717) is 21.7 Å². The van der Waals surface area contributed by atoms with Gasteiger partial charge in [0.05, 0.1) is 12.2 Å². The molecule has 0 spiro atoms. The molecule has 0 aliphatic carbocycles. The average Bonchev–Trinajstić information content (AvgIpc) is 3.09. The number of rotatable bonds is 4. The molecule has 3 heterocycles. The van der Waals surface area contributed by atoms with Crippen LogP contribution in [0, 0.1) is 12.7 Å². The van der Waals surface area contributed by atoms with E-state index in [0.717, 1.165) is 5.69 Å². The zero-order valence-corrected chi connectivity index (χ0v) is 15.7. The highest BCUT2D eigenvalue weighted by atomic mass is 32.1. The molecule has 1 aromatic carbocycles. The summed E-state index contributed by atoms with van der Waals surface area (Å²) in [7, 11) is 0. The SMILES string of the molecule is Cc1csc(NC(=O)c2cc3cccnc3n(Cc3ccccc3F)c2=O)n1. The van der Waals surface area contributed by atoms with Crippen molar-refractivity contribution in [1.29, 1.82) is 0 Å². The predicted molar refractivity (Wildman–Crippen MR) is 106 cm³/mol. The molecule has 4 rings (SSSR count). The van der Waals surface area contributed by atoms with Gasteiger partial charge in [-0.3, -0.25) is 19.5 Å². The van der Waals surface area contributed by atoms with Gasteiger partial charge in [-0.2, -0.15) is 0 Å². The fourth-order valence-electron chi connectivity index (χ4n) is 2.89. The second-order valence-electron chi connectivity index (χ2n) is 6.21. The van der Waals surface area contributed by atoms with Crippen LogP contribution >= 0.6 is 11.3 Å². The van der Waals surface area contributed by atoms with Crippen LogP contribution < -0.4 is 10.9 Å². The lowest BCUT2D eigenvalue weighted by atomic mass is 10.1. The summed E-state index contributed by atoms with van der Waals surface area (Å²) in [5.41, 5.74) is 0.909. The van der Waals surface area contributed by atoms with Crippen molar-refractivity contribution in [1.82, 2.24) is 14.5 Å². The molecule has 140 valence electrons. The number of carbonyl (C=O) groups is 1. The fourth-order valence-corrected chi connectivity index (χ4v) is 3.57. The molecule has 4 aromatic rings. The molecule has 0 aliphatic rings. The smallest absolute Gasteiger partial charge is 0.265 e. The minimum atomic E-state index is -0.563. The second-order valence-corrected chi connectivity index (χ2v) is 7.06. The van der Waals surface area contributed by atoms with E-state index >= 15 is 0 Å². The Balaban J connectivity index is 1.82. The number of amides is 1. The monoisotopic (exact) mass is 394 g/mol. The van der Waals surface area contributed by atoms with Crippen molar-refractivity contribution in [3.8, 4) is 0 Å². The summed E-state index contributed by atoms with van der Waals surface area (Å²) in [6.07, 6.45) is 1.55. The highest BCUT2D eigenvalue weighted by molar-refractivity contribution is 7.13. The molecule has 3 aromatic heterocycles. The largest absolute Gasteiger partial charge is 0.298 e. The lowest BCUT2D eigenvalue weighted by molar-refractivity contribution is 0.102. The Morgan fingerprint density at radius 2 is 2.07 bits per heavy atom. The summed E-state index contributed by atoms with van der Waals surface area (Å²) in [5.74, 6) is -0.987. The van der Waals surface area contributed by atoms with Gasteiger partial charge in [-0.1, -0.05) is 18.2 Å². The maximum atomic E-state index is 14.1. The molecular weight excluding hydrogens is 379 g/mol. The van der Waals surface area contributed by atoms with Crippen LogP contribution in [0.1, 0.15) is 21.6 Å². The van der Waals surface area contributed by atoms with Gasteiger partial charge in [-0.25, -0.2) is 14.4 Å². The van der Waals surface area contributed by atoms with Crippen LogP contribution in [0.2, 0.25) is 0 Å². The number of pyridine rings is 2. The number of hydrogen-bond acceptors (Lipinski definition) is 5. The number of nitrogens with one attached hydrogen (secondary N) is 1. The summed E-state index contributed by atoms with van der Waals surface area (Å²) in [6, 6.07) is 11.2. The molecule has 0 unspecified atom stereocenters. The number of anilines is 1. The summed E-state index contributed by atoms with van der Waals surface area (Å²) in [6.45, 7) is 1.78. The van der Waals surface area contributed by atoms with Gasteiger partial charge in [0.2, 0.25) is 0 Å². The van der Waals surface area contributed by atoms with E-state index < -0.39 is 17.3 Å². The van der Waals surface area contributed by atoms with Gasteiger partial charge in [-0.15, -0.1) is 11.3 Å². The number of hydrogen-bond donors (Lipinski definition) is 1. The minimum Gasteiger partial charge on any atom is -0.298 e. The van der Waals surface area contributed by atoms with Crippen LogP contribution in [0.25, 0.3) is 11.0 Å². The molecule has 0 radical (unpaired) electrons. The second kappa shape index (κ2) is 7.32. The number of nitrogens with zero attached hydrogens (tertiary/aromatic N) is 3. The highest BCUT2D eigenvalue weighted by Crippen LogP contribution is 2.17. The van der Waals surface area contributed by atoms with E-state index in [4.69, 9.17) is 0 Å². The quantitative estimate of drug-likeness (QED) is 0.574. The minimum absolute atomic E-state index is 0.0312. The van der Waals surface area contributed by atoms with Crippen molar-refractivity contribution in [2.45, 2.75) is 13.5 Å². The Bertz CT molecular complexity index is 1250. The molecule has 6 nitrogen and oxygen atoms in total. The van der Waals surface area contributed by atoms with Gasteiger partial charge >= 0.3 is 0 Å². The predicted octanol–water partition coefficient (Wildman–Crippen LogP) is 3.60. The lowest BCUT2D eigenvalue weighted by Gasteiger charge is -2.12. The van der Waals surface area contributed by atoms with E-state index in [-0.39, 0.29) is 12.1 Å². The van der Waals surface area contributed by atoms with E-state index in [2.05, 4.69) is 15.3 Å². The average molecular weight is 394 g/mol. The molecule has 0 saturated carbocycles. The van der Waals surface area contributed by atoms with Crippen LogP contribution in [0.4, 0.5) is 9.52 Å². The van der Waals surface area contributed by atoms with E-state index in [9.17, 15) is 14.0 Å². The Hall–Kier alpha value is -3.39. The van der Waals surface area contributed by atoms with Crippen LogP contribution in [0.5, 0.6) is 0 Å². The Labute approximate surface area is 163 Å². The Morgan fingerprint density at radius 3 is 2.82 bits per heavy atom. The maximum Gasteiger partial charge on any atom is 0.265 e. The van der Waals surface area contributed by atoms with E-state index in [1.54, 1.807) is 41.9 Å². The molecule has 1 amide bonds. The number of fused-ring (bicyclic) bond motifs is 1. The third-order valence-corrected chi connectivity index (χ3v) is 5.09. The van der Waals surface area contributed by atoms with Gasteiger partial charge in [0.15, 0.2) is 5.13 Å². The molecule has 0 aliphatic heterocycles. The number of thiazole rings is 1. The Kier molecular flexibility index (Phi) is 4.70. The summed E-state index contributed by atoms with van der Waals surface area (Å²) in [5, 5.41) is 5.47. The van der Waals surface area contributed by atoms with Crippen LogP contribution in [0.3, 0.4) is 0 Å². The number of aryl methyl sites for hydroxylation is 1. The van der Waals surface area contributed by atoms with Gasteiger partial charge < -0.3 is 0 Å². The number of benzene rings is 1. The van der Waals surface area contributed by atoms with E-state index in [1.807, 2.05) is 6.92 Å². The van der Waals surface area contributed by atoms with Gasteiger partial charge in [0.25, 0.3) is 11.5 Å². The first kappa shape index (κ1) is 18.0. The van der Waals surface area contributed by atoms with Crippen LogP contribution in [-0.4, -0.2) is 20.4 Å². The summed E-state index contributed by atoms with van der Waals surface area (Å²) >= 11 is 1.28. The summed E-state index contributed by atoms with van der Waals surface area (Å²) in [4.78, 5) is 34.2. The first-order chi connectivity index (χ1) is 13.5. The van der Waals surface area contributed by atoms with Gasteiger partial charge in [0, 0.05) is 22.5 Å². The number of carbonyl (C=O) groups excluding carboxylic acids is 1. The van der Waals surface area contributed by atoms with Crippen molar-refractivity contribution in [2.24, 2.45) is 0 Å². The van der Waals surface area contributed by atoms with Crippen molar-refractivity contribution in [3.05, 3.63) is 87.0 Å². The molecule has 0 fully saturated rings. The van der Waals surface area contributed by atoms with Crippen molar-refractivity contribution < 1.29 is 9.18 Å². The number of halogens is 1. The fraction of sp³-hybridized carbons (Fsp3) is 0.100. The number of aromatic nitrogens is 3. The normalized spacial score (nSPS) is 10.9. The lowest BCUT2D eigenvalue weighted by Crippen LogP contribution is -2.30. The highest BCUT2D eigenvalue weighted by Gasteiger charge is 2.18. The zero-order valence-electron chi connectivity index (χ0n) is 14.8. The van der Waals surface area contributed by atoms with Gasteiger partial charge in [-0.05, 0) is 31.2 Å². The van der Waals surface area contributed by atoms with Crippen LogP contribution in [0.15, 0.2) is 58.8 Å². The van der Waals surface area contributed by atoms with Crippen LogP contribution in [-0.2, 0) is 6.54 Å². The topological polar surface area (TPSA) is 76.9 Å².